The molecule has 0 unspecified atom stereocenters. The van der Waals surface area contributed by atoms with Gasteiger partial charge in [-0.05, 0) is 51.7 Å². The molecule has 3 amide bonds. The van der Waals surface area contributed by atoms with Crippen molar-refractivity contribution in [1.29, 1.82) is 0 Å². The van der Waals surface area contributed by atoms with Crippen molar-refractivity contribution in [3.05, 3.63) is 29.8 Å². The summed E-state index contributed by atoms with van der Waals surface area (Å²) in [6.07, 6.45) is 2.13. The lowest BCUT2D eigenvalue weighted by molar-refractivity contribution is 0.0201. The minimum absolute atomic E-state index is 0.0410. The highest BCUT2D eigenvalue weighted by molar-refractivity contribution is 5.94. The highest BCUT2D eigenvalue weighted by Crippen LogP contribution is 2.27. The van der Waals surface area contributed by atoms with Gasteiger partial charge in [0, 0.05) is 31.4 Å². The Labute approximate surface area is 149 Å². The smallest absolute Gasteiger partial charge is 0.410 e. The number of fused-ring (bicyclic) bond motifs is 1. The van der Waals surface area contributed by atoms with Crippen molar-refractivity contribution in [2.24, 2.45) is 0 Å². The first kappa shape index (κ1) is 17.6. The summed E-state index contributed by atoms with van der Waals surface area (Å²) in [7, 11) is 0. The Kier molecular flexibility index (Phi) is 4.88. The number of hydrogen-bond donors (Lipinski definition) is 1. The molecule has 6 nitrogen and oxygen atoms in total. The minimum Gasteiger partial charge on any atom is -0.444 e. The first-order chi connectivity index (χ1) is 11.8. The fourth-order valence-electron chi connectivity index (χ4n) is 3.33. The molecule has 3 rings (SSSR count). The van der Waals surface area contributed by atoms with Crippen molar-refractivity contribution in [2.75, 3.05) is 24.5 Å². The van der Waals surface area contributed by atoms with E-state index in [0.717, 1.165) is 31.5 Å². The molecule has 6 heteroatoms. The number of nitrogens with one attached hydrogen (secondary N) is 1. The second-order valence-corrected chi connectivity index (χ2v) is 7.72. The third-order valence-electron chi connectivity index (χ3n) is 4.61. The zero-order valence-corrected chi connectivity index (χ0v) is 15.2. The van der Waals surface area contributed by atoms with E-state index < -0.39 is 5.60 Å². The Morgan fingerprint density at radius 3 is 2.48 bits per heavy atom. The number of piperidine rings is 1. The predicted octanol–water partition coefficient (Wildman–Crippen LogP) is 3.16. The Balaban J connectivity index is 1.50. The van der Waals surface area contributed by atoms with Gasteiger partial charge in [-0.3, -0.25) is 4.90 Å². The third-order valence-corrected chi connectivity index (χ3v) is 4.61. The second kappa shape index (κ2) is 6.94. The molecule has 0 bridgehead atoms. The molecule has 0 spiro atoms. The van der Waals surface area contributed by atoms with Crippen molar-refractivity contribution in [3.63, 3.8) is 0 Å². The number of nitrogens with zero attached hydrogens (tertiary/aromatic N) is 2. The van der Waals surface area contributed by atoms with Crippen LogP contribution in [0.5, 0.6) is 0 Å². The molecule has 1 aromatic rings. The molecular formula is C19H27N3O3. The van der Waals surface area contributed by atoms with Crippen molar-refractivity contribution >= 4 is 17.8 Å². The average molecular weight is 345 g/mol. The van der Waals surface area contributed by atoms with Crippen LogP contribution in [-0.4, -0.2) is 48.3 Å². The summed E-state index contributed by atoms with van der Waals surface area (Å²) in [6.45, 7) is 7.54. The average Bonchev–Trinajstić information content (AvgIpc) is 2.98. The van der Waals surface area contributed by atoms with Crippen LogP contribution in [0.2, 0.25) is 0 Å². The molecule has 1 saturated heterocycles. The van der Waals surface area contributed by atoms with Gasteiger partial charge >= 0.3 is 12.1 Å². The SMILES string of the molecule is CC(C)(C)OC(=O)N1CCC(NC(=O)N2CCc3ccccc32)CC1. The lowest BCUT2D eigenvalue weighted by Crippen LogP contribution is -2.50. The minimum atomic E-state index is -0.481. The summed E-state index contributed by atoms with van der Waals surface area (Å²) in [4.78, 5) is 28.2. The van der Waals surface area contributed by atoms with E-state index in [9.17, 15) is 9.59 Å². The van der Waals surface area contributed by atoms with Crippen LogP contribution in [0.3, 0.4) is 0 Å². The van der Waals surface area contributed by atoms with E-state index in [4.69, 9.17) is 4.74 Å². The molecule has 2 aliphatic rings. The van der Waals surface area contributed by atoms with E-state index >= 15 is 0 Å². The molecule has 136 valence electrons. The Morgan fingerprint density at radius 1 is 1.12 bits per heavy atom. The van der Waals surface area contributed by atoms with Crippen LogP contribution in [0.1, 0.15) is 39.2 Å². The molecule has 1 aromatic carbocycles. The molecular weight excluding hydrogens is 318 g/mol. The number of ether oxygens (including phenoxy) is 1. The van der Waals surface area contributed by atoms with E-state index in [-0.39, 0.29) is 18.2 Å². The zero-order chi connectivity index (χ0) is 18.0. The largest absolute Gasteiger partial charge is 0.444 e. The van der Waals surface area contributed by atoms with E-state index in [1.807, 2.05) is 43.9 Å². The Bertz CT molecular complexity index is 646. The van der Waals surface area contributed by atoms with Gasteiger partial charge in [0.1, 0.15) is 5.60 Å². The van der Waals surface area contributed by atoms with Gasteiger partial charge in [0.25, 0.3) is 0 Å². The molecule has 2 heterocycles. The van der Waals surface area contributed by atoms with Crippen LogP contribution in [-0.2, 0) is 11.2 Å². The topological polar surface area (TPSA) is 61.9 Å². The number of amides is 3. The number of para-hydroxylation sites is 1. The van der Waals surface area contributed by atoms with Gasteiger partial charge < -0.3 is 15.0 Å². The Hall–Kier alpha value is -2.24. The number of anilines is 1. The van der Waals surface area contributed by atoms with E-state index in [2.05, 4.69) is 11.4 Å². The molecule has 25 heavy (non-hydrogen) atoms. The normalized spacial score (nSPS) is 18.0. The Morgan fingerprint density at radius 2 is 1.80 bits per heavy atom. The number of benzene rings is 1. The first-order valence-electron chi connectivity index (χ1n) is 8.97. The second-order valence-electron chi connectivity index (χ2n) is 7.72. The van der Waals surface area contributed by atoms with Crippen LogP contribution in [0, 0.1) is 0 Å². The van der Waals surface area contributed by atoms with Gasteiger partial charge in [-0.15, -0.1) is 0 Å². The summed E-state index contributed by atoms with van der Waals surface area (Å²) in [6, 6.07) is 8.09. The van der Waals surface area contributed by atoms with E-state index in [1.165, 1.54) is 5.56 Å². The molecule has 0 atom stereocenters. The number of hydrogen-bond acceptors (Lipinski definition) is 3. The number of urea groups is 1. The van der Waals surface area contributed by atoms with Crippen LogP contribution in [0.25, 0.3) is 0 Å². The van der Waals surface area contributed by atoms with E-state index in [0.29, 0.717) is 13.1 Å². The highest BCUT2D eigenvalue weighted by Gasteiger charge is 2.30. The lowest BCUT2D eigenvalue weighted by atomic mass is 10.1. The summed E-state index contributed by atoms with van der Waals surface area (Å²) in [5.41, 5.74) is 1.74. The van der Waals surface area contributed by atoms with E-state index in [1.54, 1.807) is 4.90 Å². The van der Waals surface area contributed by atoms with Crippen molar-refractivity contribution in [1.82, 2.24) is 10.2 Å². The molecule has 0 aliphatic carbocycles. The molecule has 1 fully saturated rings. The summed E-state index contributed by atoms with van der Waals surface area (Å²) in [5.74, 6) is 0. The van der Waals surface area contributed by atoms with Gasteiger partial charge in [-0.2, -0.15) is 0 Å². The molecule has 0 radical (unpaired) electrons. The third kappa shape index (κ3) is 4.24. The van der Waals surface area contributed by atoms with Crippen LogP contribution < -0.4 is 10.2 Å². The maximum atomic E-state index is 12.6. The number of carbonyl (C=O) groups is 2. The number of rotatable bonds is 1. The van der Waals surface area contributed by atoms with Crippen molar-refractivity contribution in [3.8, 4) is 0 Å². The van der Waals surface area contributed by atoms with Crippen molar-refractivity contribution < 1.29 is 14.3 Å². The zero-order valence-electron chi connectivity index (χ0n) is 15.2. The molecule has 0 aromatic heterocycles. The molecule has 2 aliphatic heterocycles. The maximum absolute atomic E-state index is 12.6. The summed E-state index contributed by atoms with van der Waals surface area (Å²) >= 11 is 0. The summed E-state index contributed by atoms with van der Waals surface area (Å²) < 4.78 is 5.41. The summed E-state index contributed by atoms with van der Waals surface area (Å²) in [5, 5.41) is 3.12. The number of likely N-dealkylation sites (tertiary alicyclic amines) is 1. The van der Waals surface area contributed by atoms with Crippen LogP contribution >= 0.6 is 0 Å². The van der Waals surface area contributed by atoms with Gasteiger partial charge in [0.05, 0.1) is 0 Å². The monoisotopic (exact) mass is 345 g/mol. The van der Waals surface area contributed by atoms with Crippen molar-refractivity contribution in [2.45, 2.75) is 51.7 Å². The number of carbonyl (C=O) groups excluding carboxylic acids is 2. The molecule has 1 N–H and O–H groups in total. The van der Waals surface area contributed by atoms with Gasteiger partial charge in [0.15, 0.2) is 0 Å². The standard InChI is InChI=1S/C19H27N3O3/c1-19(2,3)25-18(24)21-11-9-15(10-12-21)20-17(23)22-13-8-14-6-4-5-7-16(14)22/h4-7,15H,8-13H2,1-3H3,(H,20,23). The molecule has 0 saturated carbocycles. The predicted molar refractivity (Wildman–Crippen MR) is 96.9 cm³/mol. The van der Waals surface area contributed by atoms with Gasteiger partial charge in [0.2, 0.25) is 0 Å². The van der Waals surface area contributed by atoms with Crippen LogP contribution in [0.4, 0.5) is 15.3 Å². The first-order valence-corrected chi connectivity index (χ1v) is 8.97. The quantitative estimate of drug-likeness (QED) is 0.850. The van der Waals surface area contributed by atoms with Crippen LogP contribution in [0.15, 0.2) is 24.3 Å². The highest BCUT2D eigenvalue weighted by atomic mass is 16.6. The maximum Gasteiger partial charge on any atom is 0.410 e. The lowest BCUT2D eigenvalue weighted by Gasteiger charge is -2.34. The fraction of sp³-hybridized carbons (Fsp3) is 0.579. The van der Waals surface area contributed by atoms with Gasteiger partial charge in [-0.1, -0.05) is 18.2 Å². The van der Waals surface area contributed by atoms with Gasteiger partial charge in [-0.25, -0.2) is 9.59 Å². The fourth-order valence-corrected chi connectivity index (χ4v) is 3.33.